The third-order valence-electron chi connectivity index (χ3n) is 22.0. The summed E-state index contributed by atoms with van der Waals surface area (Å²) in [5.74, 6) is 0. The van der Waals surface area contributed by atoms with Gasteiger partial charge in [-0.05, 0) is 230 Å². The summed E-state index contributed by atoms with van der Waals surface area (Å²) in [4.78, 5) is 3.38. The van der Waals surface area contributed by atoms with Gasteiger partial charge in [0.15, 0.2) is 0 Å². The van der Waals surface area contributed by atoms with Gasteiger partial charge in [-0.1, -0.05) is 395 Å². The van der Waals surface area contributed by atoms with Gasteiger partial charge in [-0.15, -0.1) is 0 Å². The monoisotopic (exact) mass is 1540 g/mol. The molecule has 14 rings (SSSR count). The number of nitrogens with zero attached hydrogens (tertiary/aromatic N) is 2. The lowest BCUT2D eigenvalue weighted by Gasteiger charge is -2.46. The van der Waals surface area contributed by atoms with E-state index in [4.69, 9.17) is 2.74 Å². The van der Waals surface area contributed by atoms with Crippen molar-refractivity contribution >= 4 is 57.2 Å². The zero-order valence-corrected chi connectivity index (χ0v) is 73.3. The van der Waals surface area contributed by atoms with Crippen molar-refractivity contribution in [3.05, 3.63) is 292 Å². The van der Waals surface area contributed by atoms with Gasteiger partial charge in [-0.25, -0.2) is 0 Å². The molecule has 2 nitrogen and oxygen atoms in total. The molecule has 0 spiro atoms. The highest BCUT2D eigenvalue weighted by Crippen LogP contribution is 2.58. The predicted molar refractivity (Wildman–Crippen MR) is 506 cm³/mol. The van der Waals surface area contributed by atoms with Crippen LogP contribution in [0.4, 0.5) is 34.1 Å². The lowest BCUT2D eigenvalue weighted by molar-refractivity contribution is 0.568. The van der Waals surface area contributed by atoms with Crippen LogP contribution in [0, 0.1) is 0 Å². The van der Waals surface area contributed by atoms with Crippen LogP contribution in [0.15, 0.2) is 236 Å². The van der Waals surface area contributed by atoms with E-state index in [1.54, 1.807) is 129 Å². The Hall–Kier alpha value is -9.70. The van der Waals surface area contributed by atoms with Crippen molar-refractivity contribution in [3.8, 4) is 77.9 Å². The second-order valence-electron chi connectivity index (χ2n) is 41.8. The van der Waals surface area contributed by atoms with Crippen molar-refractivity contribution in [1.82, 2.24) is 0 Å². The smallest absolute Gasteiger partial charge is 0.252 e. The van der Waals surface area contributed by atoms with Crippen LogP contribution in [-0.2, 0) is 54.1 Å². The first-order valence-corrected chi connectivity index (χ1v) is 40.3. The summed E-state index contributed by atoms with van der Waals surface area (Å²) in [7, 11) is 0. The van der Waals surface area contributed by atoms with E-state index < -0.39 is 235 Å². The molecule has 0 atom stereocenters. The summed E-state index contributed by atoms with van der Waals surface area (Å²) < 4.78 is 292. The van der Waals surface area contributed by atoms with Gasteiger partial charge in [-0.2, -0.15) is 0 Å². The summed E-state index contributed by atoms with van der Waals surface area (Å²) in [6.45, 7) is 54.0. The Balaban J connectivity index is 1.46. The summed E-state index contributed by atoms with van der Waals surface area (Å²) in [5.41, 5.74) is -11.1. The molecule has 0 aromatic heterocycles. The van der Waals surface area contributed by atoms with Gasteiger partial charge in [0.1, 0.15) is 0 Å². The fraction of sp³-hybridized carbons (Fsp3) is 0.357. The number of benzene rings is 12. The molecular formula is C112H129BN2. The molecule has 0 fully saturated rings. The van der Waals surface area contributed by atoms with Gasteiger partial charge in [0.2, 0.25) is 0 Å². The lowest BCUT2D eigenvalue weighted by Crippen LogP contribution is -2.61. The molecule has 0 unspecified atom stereocenters. The molecule has 0 radical (unpaired) electrons. The average Bonchev–Trinajstić information content (AvgIpc) is 0.672. The molecule has 2 aliphatic rings. The molecule has 0 N–H and O–H groups in total. The Morgan fingerprint density at radius 3 is 0.939 bits per heavy atom. The molecule has 590 valence electrons. The van der Waals surface area contributed by atoms with E-state index >= 15 is 0 Å². The number of anilines is 6. The second-order valence-corrected chi connectivity index (χ2v) is 41.8. The van der Waals surface area contributed by atoms with Crippen LogP contribution in [0.2, 0.25) is 0 Å². The molecule has 12 aromatic carbocycles. The minimum Gasteiger partial charge on any atom is -0.310 e. The van der Waals surface area contributed by atoms with Crippen LogP contribution < -0.4 is 26.2 Å². The van der Waals surface area contributed by atoms with Gasteiger partial charge in [0.05, 0.1) is 49.8 Å². The molecule has 0 saturated carbocycles. The lowest BCUT2D eigenvalue weighted by atomic mass is 9.33. The molecule has 2 aliphatic heterocycles. The molecule has 2 heterocycles. The topological polar surface area (TPSA) is 6.48 Å². The van der Waals surface area contributed by atoms with Crippen molar-refractivity contribution in [2.45, 2.75) is 262 Å². The molecule has 0 bridgehead atoms. The fourth-order valence-corrected chi connectivity index (χ4v) is 15.3. The summed E-state index contributed by atoms with van der Waals surface area (Å²) >= 11 is 0. The van der Waals surface area contributed by atoms with Gasteiger partial charge in [-0.3, -0.25) is 0 Å². The van der Waals surface area contributed by atoms with Crippen LogP contribution in [-0.4, -0.2) is 6.71 Å². The Morgan fingerprint density at radius 1 is 0.226 bits per heavy atom. The maximum absolute atomic E-state index is 11.8. The van der Waals surface area contributed by atoms with Crippen molar-refractivity contribution < 1.29 is 38.4 Å². The van der Waals surface area contributed by atoms with E-state index in [1.165, 1.54) is 0 Å². The van der Waals surface area contributed by atoms with E-state index in [2.05, 4.69) is 47.6 Å². The van der Waals surface area contributed by atoms with E-state index in [9.17, 15) is 35.6 Å². The maximum atomic E-state index is 11.8. The third-order valence-corrected chi connectivity index (χ3v) is 22.0. The van der Waals surface area contributed by atoms with Crippen molar-refractivity contribution in [2.24, 2.45) is 0 Å². The van der Waals surface area contributed by atoms with Crippen LogP contribution in [0.1, 0.15) is 302 Å². The molecule has 12 aromatic rings. The van der Waals surface area contributed by atoms with E-state index in [-0.39, 0.29) is 162 Å². The first-order valence-electron chi connectivity index (χ1n) is 54.3. The predicted octanol–water partition coefficient (Wildman–Crippen LogP) is 30.4. The summed E-state index contributed by atoms with van der Waals surface area (Å²) in [5, 5.41) is 0. The van der Waals surface area contributed by atoms with Crippen LogP contribution in [0.25, 0.3) is 77.9 Å². The van der Waals surface area contributed by atoms with Gasteiger partial charge >= 0.3 is 0 Å². The van der Waals surface area contributed by atoms with E-state index in [0.29, 0.717) is 5.56 Å². The normalized spacial score (nSPS) is 17.2. The number of fused-ring (bicyclic) bond motifs is 4. The van der Waals surface area contributed by atoms with Gasteiger partial charge in [0.25, 0.3) is 6.71 Å². The first kappa shape index (κ1) is 53.5. The first-order chi connectivity index (χ1) is 65.1. The minimum atomic E-state index is -1.37. The van der Waals surface area contributed by atoms with E-state index in [0.717, 1.165) is 11.1 Å². The van der Waals surface area contributed by atoms with Crippen molar-refractivity contribution in [1.29, 1.82) is 0 Å². The van der Waals surface area contributed by atoms with Crippen molar-refractivity contribution in [3.63, 3.8) is 0 Å². The zero-order chi connectivity index (χ0) is 108. The third kappa shape index (κ3) is 15.7. The molecule has 0 saturated heterocycles. The minimum absolute atomic E-state index is 0.00228. The Morgan fingerprint density at radius 2 is 0.565 bits per heavy atom. The van der Waals surface area contributed by atoms with Crippen LogP contribution in [0.5, 0.6) is 0 Å². The highest BCUT2D eigenvalue weighted by atomic mass is 15.2. The Kier molecular flexibility index (Phi) is 13.3. The standard InChI is InChI=1S/C112H129BN2/c1-103(2,3)78-50-44-72(45-51-78)86-65-83(108(16,17)18)67-88(85-55-54-80(105(7,8)9)69-92(85)112(28,29)30)101(86)114-95-60-74(70-38-33-31-34-39-70)48-56-93(95)113-94-57-49-75(71-40-35-32-36-41-71)61-96(94)115(98-63-77(62-97(114)100(98)113)76-58-81(106(10,11)12)64-82(59-76)107(13,14)15)102-87(73-46-52-79(53-47-73)104(4,5)6)66-84(109(19,20)21)68-89(102)99-90(110(22,23)24)42-37-43-91(99)111(25,26)27/h31-69H,1-30H3/i31D,32D,33D,34D,35D,36D,37D,38D,39D,40D,41D,42D,43D,44D,45D,46D,47D,50D,51D,52D,53D,54D,55D,65D,66D,67D,68D,69D. The molecule has 115 heavy (non-hydrogen) atoms. The maximum Gasteiger partial charge on any atom is 0.252 e. The van der Waals surface area contributed by atoms with E-state index in [1.807, 2.05) is 107 Å². The number of rotatable bonds is 9. The SMILES string of the molecule is [2H]c1c([2H])c([2H])c(-c2ccc3c(c2)N(c2c(-c4c([2H])c([2H])c(C(C)(C)C)c([2H])c4[2H])c([2H])c(C(C)(C)C)c([2H])c2-c2c([2H])c([2H])c(C(C)(C)C)c([2H])c2C(C)(C)C)c2cc(-c4cc(C(C)(C)C)cc(C(C)(C)C)c4)cc4c2B3c2ccc(-c3c([2H])c([2H])c([2H])c([2H])c3[2H])cc2N4c2c(-c3c([2H])c([2H])c(C(C)(C)C)c([2H])c3[2H])c([2H])c(C(C)(C)C)c([2H])c2-c2c(C(C)(C)C)c([2H])c([2H])c([2H])c2C(C)(C)C)c([2H])c1[2H]. The molecule has 0 aliphatic carbocycles. The number of hydrogen-bond donors (Lipinski definition) is 0. The summed E-state index contributed by atoms with van der Waals surface area (Å²) in [6.07, 6.45) is 0. The van der Waals surface area contributed by atoms with Gasteiger partial charge < -0.3 is 9.80 Å². The largest absolute Gasteiger partial charge is 0.310 e. The Bertz CT molecular complexity index is 7300. The Labute approximate surface area is 733 Å². The molecule has 3 heteroatoms. The highest BCUT2D eigenvalue weighted by Gasteiger charge is 2.47. The van der Waals surface area contributed by atoms with Crippen LogP contribution in [0.3, 0.4) is 0 Å². The quantitative estimate of drug-likeness (QED) is 0.133. The van der Waals surface area contributed by atoms with Crippen molar-refractivity contribution in [2.75, 3.05) is 9.80 Å². The average molecular weight is 1540 g/mol. The summed E-state index contributed by atoms with van der Waals surface area (Å²) in [6, 6.07) is 3.71. The highest BCUT2D eigenvalue weighted by molar-refractivity contribution is 7.00. The van der Waals surface area contributed by atoms with Crippen LogP contribution >= 0.6 is 0 Å². The fourth-order valence-electron chi connectivity index (χ4n) is 15.3. The zero-order valence-electron chi connectivity index (χ0n) is 101. The number of hydrogen-bond acceptors (Lipinski definition) is 2. The van der Waals surface area contributed by atoms with Gasteiger partial charge in [0, 0.05) is 45.0 Å². The molecular weight excluding hydrogens is 1380 g/mol. The second kappa shape index (κ2) is 28.6. The molecule has 0 amide bonds.